The highest BCUT2D eigenvalue weighted by Crippen LogP contribution is 2.31. The molecule has 2 amide bonds. The van der Waals surface area contributed by atoms with Crippen LogP contribution in [0.4, 0.5) is 4.39 Å². The average Bonchev–Trinajstić information content (AvgIpc) is 2.85. The fourth-order valence-electron chi connectivity index (χ4n) is 3.94. The van der Waals surface area contributed by atoms with Crippen LogP contribution >= 0.6 is 0 Å². The van der Waals surface area contributed by atoms with Crippen LogP contribution in [0.5, 0.6) is 5.75 Å². The van der Waals surface area contributed by atoms with E-state index in [0.29, 0.717) is 12.2 Å². The van der Waals surface area contributed by atoms with Crippen LogP contribution in [0, 0.1) is 5.82 Å². The summed E-state index contributed by atoms with van der Waals surface area (Å²) >= 11 is 0. The van der Waals surface area contributed by atoms with Gasteiger partial charge in [-0.15, -0.1) is 0 Å². The van der Waals surface area contributed by atoms with E-state index >= 15 is 0 Å². The lowest BCUT2D eigenvalue weighted by atomic mass is 9.86. The number of hydrogen-bond acceptors (Lipinski definition) is 3. The Hall–Kier alpha value is -3.67. The predicted molar refractivity (Wildman–Crippen MR) is 136 cm³/mol. The zero-order valence-electron chi connectivity index (χ0n) is 20.8. The van der Waals surface area contributed by atoms with E-state index in [-0.39, 0.29) is 36.2 Å². The Bertz CT molecular complexity index is 1120. The summed E-state index contributed by atoms with van der Waals surface area (Å²) < 4.78 is 19.5. The third kappa shape index (κ3) is 7.15. The van der Waals surface area contributed by atoms with Gasteiger partial charge >= 0.3 is 0 Å². The first-order valence-electron chi connectivity index (χ1n) is 11.7. The third-order valence-electron chi connectivity index (χ3n) is 5.83. The molecule has 3 rings (SSSR count). The van der Waals surface area contributed by atoms with E-state index in [2.05, 4.69) is 26.1 Å². The summed E-state index contributed by atoms with van der Waals surface area (Å²) in [7, 11) is 1.55. The van der Waals surface area contributed by atoms with Gasteiger partial charge in [-0.2, -0.15) is 0 Å². The van der Waals surface area contributed by atoms with Crippen molar-refractivity contribution in [2.24, 2.45) is 0 Å². The fourth-order valence-corrected chi connectivity index (χ4v) is 3.94. The Balaban J connectivity index is 1.90. The largest absolute Gasteiger partial charge is 0.483 e. The maximum atomic E-state index is 13.5. The van der Waals surface area contributed by atoms with Gasteiger partial charge in [-0.25, -0.2) is 4.39 Å². The molecule has 184 valence electrons. The number of benzene rings is 3. The Kier molecular flexibility index (Phi) is 8.63. The van der Waals surface area contributed by atoms with Crippen LogP contribution in [0.3, 0.4) is 0 Å². The van der Waals surface area contributed by atoms with Crippen LogP contribution in [0.1, 0.15) is 37.5 Å². The first-order chi connectivity index (χ1) is 16.7. The van der Waals surface area contributed by atoms with Crippen LogP contribution in [0.15, 0.2) is 78.9 Å². The number of likely N-dealkylation sites (N-methyl/N-ethyl adjacent to an activating group) is 1. The van der Waals surface area contributed by atoms with Crippen molar-refractivity contribution in [3.8, 4) is 5.75 Å². The molecule has 0 radical (unpaired) electrons. The Morgan fingerprint density at radius 3 is 2.17 bits per heavy atom. The van der Waals surface area contributed by atoms with Crippen molar-refractivity contribution in [3.63, 3.8) is 0 Å². The molecule has 0 aliphatic carbocycles. The van der Waals surface area contributed by atoms with Gasteiger partial charge in [-0.3, -0.25) is 9.59 Å². The number of nitrogens with one attached hydrogen (secondary N) is 1. The summed E-state index contributed by atoms with van der Waals surface area (Å²) in [6, 6.07) is 22.4. The molecule has 1 N–H and O–H groups in total. The van der Waals surface area contributed by atoms with Gasteiger partial charge in [0.15, 0.2) is 6.61 Å². The molecule has 6 heteroatoms. The van der Waals surface area contributed by atoms with E-state index in [9.17, 15) is 14.0 Å². The molecule has 0 aliphatic heterocycles. The minimum atomic E-state index is -0.763. The van der Waals surface area contributed by atoms with E-state index in [1.54, 1.807) is 19.2 Å². The monoisotopic (exact) mass is 476 g/mol. The van der Waals surface area contributed by atoms with Gasteiger partial charge in [-0.05, 0) is 40.3 Å². The Morgan fingerprint density at radius 1 is 0.914 bits per heavy atom. The number of carbonyl (C=O) groups is 2. The molecule has 1 atom stereocenters. The minimum absolute atomic E-state index is 0.147. The van der Waals surface area contributed by atoms with Crippen LogP contribution in [0.25, 0.3) is 0 Å². The summed E-state index contributed by atoms with van der Waals surface area (Å²) in [5.41, 5.74) is 2.48. The van der Waals surface area contributed by atoms with Crippen molar-refractivity contribution in [1.29, 1.82) is 0 Å². The SMILES string of the molecule is CNC(=O)C(Cc1ccccc1)N(Cc1ccc(F)cc1)C(=O)COc1ccccc1C(C)(C)C. The number of hydrogen-bond donors (Lipinski definition) is 1. The topological polar surface area (TPSA) is 58.6 Å². The zero-order chi connectivity index (χ0) is 25.4. The second-order valence-corrected chi connectivity index (χ2v) is 9.50. The number of carbonyl (C=O) groups excluding carboxylic acids is 2. The van der Waals surface area contributed by atoms with Crippen molar-refractivity contribution in [3.05, 3.63) is 101 Å². The van der Waals surface area contributed by atoms with E-state index in [1.807, 2.05) is 54.6 Å². The second kappa shape index (κ2) is 11.6. The molecule has 0 aliphatic rings. The van der Waals surface area contributed by atoms with Gasteiger partial charge in [0.2, 0.25) is 5.91 Å². The van der Waals surface area contributed by atoms with E-state index in [4.69, 9.17) is 4.74 Å². The summed E-state index contributed by atoms with van der Waals surface area (Å²) in [5.74, 6) is -0.336. The lowest BCUT2D eigenvalue weighted by molar-refractivity contribution is -0.142. The summed E-state index contributed by atoms with van der Waals surface area (Å²) in [6.07, 6.45) is 0.339. The molecule has 0 saturated heterocycles. The minimum Gasteiger partial charge on any atom is -0.483 e. The normalized spacial score (nSPS) is 12.0. The van der Waals surface area contributed by atoms with Crippen LogP contribution in [-0.2, 0) is 28.0 Å². The first-order valence-corrected chi connectivity index (χ1v) is 11.7. The van der Waals surface area contributed by atoms with Crippen molar-refractivity contribution >= 4 is 11.8 Å². The molecule has 0 saturated carbocycles. The molecule has 3 aromatic carbocycles. The van der Waals surface area contributed by atoms with E-state index in [0.717, 1.165) is 16.7 Å². The summed E-state index contributed by atoms with van der Waals surface area (Å²) in [6.45, 7) is 6.17. The van der Waals surface area contributed by atoms with Gasteiger partial charge < -0.3 is 15.0 Å². The van der Waals surface area contributed by atoms with Gasteiger partial charge in [-0.1, -0.05) is 81.4 Å². The van der Waals surface area contributed by atoms with Crippen molar-refractivity contribution in [1.82, 2.24) is 10.2 Å². The predicted octanol–water partition coefficient (Wildman–Crippen LogP) is 4.89. The van der Waals surface area contributed by atoms with Crippen molar-refractivity contribution in [2.75, 3.05) is 13.7 Å². The molecule has 3 aromatic rings. The lowest BCUT2D eigenvalue weighted by Gasteiger charge is -2.31. The maximum absolute atomic E-state index is 13.5. The van der Waals surface area contributed by atoms with Gasteiger partial charge in [0, 0.05) is 20.0 Å². The van der Waals surface area contributed by atoms with Crippen LogP contribution in [-0.4, -0.2) is 36.4 Å². The molecule has 0 aromatic heterocycles. The number of halogens is 1. The molecule has 0 spiro atoms. The number of rotatable bonds is 9. The standard InChI is InChI=1S/C29H33FN2O3/c1-29(2,3)24-12-8-9-13-26(24)35-20-27(33)32(19-22-14-16-23(30)17-15-22)25(28(34)31-4)18-21-10-6-5-7-11-21/h5-17,25H,18-20H2,1-4H3,(H,31,34). The molecule has 0 heterocycles. The number of amides is 2. The Morgan fingerprint density at radius 2 is 1.54 bits per heavy atom. The molecular formula is C29H33FN2O3. The Labute approximate surface area is 206 Å². The molecular weight excluding hydrogens is 443 g/mol. The third-order valence-corrected chi connectivity index (χ3v) is 5.83. The van der Waals surface area contributed by atoms with Gasteiger partial charge in [0.25, 0.3) is 5.91 Å². The quantitative estimate of drug-likeness (QED) is 0.479. The highest BCUT2D eigenvalue weighted by Gasteiger charge is 2.30. The summed E-state index contributed by atoms with van der Waals surface area (Å²) in [4.78, 5) is 28.0. The van der Waals surface area contributed by atoms with Crippen molar-refractivity contribution < 1.29 is 18.7 Å². The number of nitrogens with zero attached hydrogens (tertiary/aromatic N) is 1. The van der Waals surface area contributed by atoms with Crippen LogP contribution in [0.2, 0.25) is 0 Å². The smallest absolute Gasteiger partial charge is 0.261 e. The second-order valence-electron chi connectivity index (χ2n) is 9.50. The number of ether oxygens (including phenoxy) is 1. The average molecular weight is 477 g/mol. The summed E-state index contributed by atoms with van der Waals surface area (Å²) in [5, 5.41) is 2.68. The number of para-hydroxylation sites is 1. The zero-order valence-corrected chi connectivity index (χ0v) is 20.8. The van der Waals surface area contributed by atoms with Gasteiger partial charge in [0.05, 0.1) is 0 Å². The molecule has 0 fully saturated rings. The fraction of sp³-hybridized carbons (Fsp3) is 0.310. The molecule has 1 unspecified atom stereocenters. The van der Waals surface area contributed by atoms with Crippen molar-refractivity contribution in [2.45, 2.75) is 45.2 Å². The van der Waals surface area contributed by atoms with E-state index < -0.39 is 6.04 Å². The highest BCUT2D eigenvalue weighted by atomic mass is 19.1. The van der Waals surface area contributed by atoms with E-state index in [1.165, 1.54) is 17.0 Å². The van der Waals surface area contributed by atoms with Crippen LogP contribution < -0.4 is 10.1 Å². The molecule has 5 nitrogen and oxygen atoms in total. The molecule has 35 heavy (non-hydrogen) atoms. The van der Waals surface area contributed by atoms with Gasteiger partial charge in [0.1, 0.15) is 17.6 Å². The molecule has 0 bridgehead atoms. The first kappa shape index (κ1) is 25.9. The maximum Gasteiger partial charge on any atom is 0.261 e. The highest BCUT2D eigenvalue weighted by molar-refractivity contribution is 5.88. The lowest BCUT2D eigenvalue weighted by Crippen LogP contribution is -2.51.